The van der Waals surface area contributed by atoms with Crippen molar-refractivity contribution in [3.05, 3.63) is 70.9 Å². The number of para-hydroxylation sites is 1. The third-order valence-electron chi connectivity index (χ3n) is 3.81. The van der Waals surface area contributed by atoms with Crippen molar-refractivity contribution in [2.45, 2.75) is 0 Å². The van der Waals surface area contributed by atoms with E-state index in [0.717, 1.165) is 6.20 Å². The lowest BCUT2D eigenvalue weighted by atomic mass is 10.2. The van der Waals surface area contributed by atoms with Crippen molar-refractivity contribution < 1.29 is 23.4 Å². The number of nitrogens with one attached hydrogen (secondary N) is 1. The van der Waals surface area contributed by atoms with E-state index in [4.69, 9.17) is 25.8 Å². The van der Waals surface area contributed by atoms with Crippen LogP contribution in [0.4, 0.5) is 4.39 Å². The summed E-state index contributed by atoms with van der Waals surface area (Å²) < 4.78 is 29.6. The number of methoxy groups -OCH3 is 2. The molecule has 0 bridgehead atoms. The van der Waals surface area contributed by atoms with Crippen LogP contribution in [0.15, 0.2) is 53.8 Å². The van der Waals surface area contributed by atoms with Crippen LogP contribution in [0.5, 0.6) is 23.1 Å². The van der Waals surface area contributed by atoms with Crippen molar-refractivity contribution in [1.82, 2.24) is 15.4 Å². The minimum atomic E-state index is -0.772. The number of hydrogen-bond donors (Lipinski definition) is 1. The average molecular weight is 431 g/mol. The minimum Gasteiger partial charge on any atom is -0.496 e. The van der Waals surface area contributed by atoms with E-state index in [1.165, 1.54) is 26.5 Å². The second-order valence-corrected chi connectivity index (χ2v) is 6.04. The monoisotopic (exact) mass is 430 g/mol. The van der Waals surface area contributed by atoms with Gasteiger partial charge in [-0.05, 0) is 47.5 Å². The zero-order valence-electron chi connectivity index (χ0n) is 15.9. The van der Waals surface area contributed by atoms with E-state index in [1.54, 1.807) is 36.4 Å². The molecular weight excluding hydrogens is 415 g/mol. The van der Waals surface area contributed by atoms with Crippen molar-refractivity contribution in [2.75, 3.05) is 14.2 Å². The van der Waals surface area contributed by atoms with Gasteiger partial charge in [0.25, 0.3) is 11.8 Å². The van der Waals surface area contributed by atoms with E-state index in [9.17, 15) is 9.18 Å². The first-order valence-corrected chi connectivity index (χ1v) is 8.90. The first-order chi connectivity index (χ1) is 14.5. The molecule has 30 heavy (non-hydrogen) atoms. The number of nitrogens with zero attached hydrogens (tertiary/aromatic N) is 3. The van der Waals surface area contributed by atoms with E-state index in [1.807, 2.05) is 0 Å². The van der Waals surface area contributed by atoms with E-state index in [-0.39, 0.29) is 16.9 Å². The molecule has 0 aliphatic rings. The van der Waals surface area contributed by atoms with Crippen LogP contribution >= 0.6 is 11.6 Å². The molecule has 0 aliphatic carbocycles. The van der Waals surface area contributed by atoms with E-state index >= 15 is 0 Å². The predicted octanol–water partition coefficient (Wildman–Crippen LogP) is 3.84. The van der Waals surface area contributed by atoms with Crippen LogP contribution in [-0.2, 0) is 0 Å². The number of amides is 1. The third kappa shape index (κ3) is 5.00. The van der Waals surface area contributed by atoms with Gasteiger partial charge < -0.3 is 14.2 Å². The molecule has 10 heteroatoms. The zero-order valence-corrected chi connectivity index (χ0v) is 16.7. The molecule has 0 saturated carbocycles. The quantitative estimate of drug-likeness (QED) is 0.347. The van der Waals surface area contributed by atoms with E-state index < -0.39 is 11.7 Å². The van der Waals surface area contributed by atoms with Gasteiger partial charge in [-0.15, -0.1) is 0 Å². The van der Waals surface area contributed by atoms with Crippen LogP contribution in [0, 0.1) is 5.82 Å². The average Bonchev–Trinajstić information content (AvgIpc) is 2.76. The summed E-state index contributed by atoms with van der Waals surface area (Å²) in [6, 6.07) is 11.5. The molecule has 1 aromatic heterocycles. The number of benzene rings is 2. The van der Waals surface area contributed by atoms with Gasteiger partial charge in [0.2, 0.25) is 11.1 Å². The highest BCUT2D eigenvalue weighted by atomic mass is 35.5. The fourth-order valence-corrected chi connectivity index (χ4v) is 2.54. The molecule has 0 atom stereocenters. The Balaban J connectivity index is 1.73. The van der Waals surface area contributed by atoms with Gasteiger partial charge in [-0.2, -0.15) is 14.5 Å². The van der Waals surface area contributed by atoms with Gasteiger partial charge in [0.1, 0.15) is 5.75 Å². The molecule has 0 radical (unpaired) electrons. The zero-order chi connectivity index (χ0) is 21.5. The third-order valence-corrected chi connectivity index (χ3v) is 3.99. The maximum absolute atomic E-state index is 13.8. The highest BCUT2D eigenvalue weighted by Gasteiger charge is 2.13. The number of ether oxygens (including phenoxy) is 3. The van der Waals surface area contributed by atoms with Gasteiger partial charge in [0.15, 0.2) is 11.5 Å². The minimum absolute atomic E-state index is 0.153. The molecular formula is C20H16ClFN4O4. The van der Waals surface area contributed by atoms with E-state index in [0.29, 0.717) is 22.6 Å². The van der Waals surface area contributed by atoms with Gasteiger partial charge in [-0.25, -0.2) is 10.4 Å². The Bertz CT molecular complexity index is 1090. The van der Waals surface area contributed by atoms with Crippen molar-refractivity contribution >= 4 is 23.7 Å². The van der Waals surface area contributed by atoms with Gasteiger partial charge in [0.05, 0.1) is 32.2 Å². The van der Waals surface area contributed by atoms with Crippen LogP contribution in [0.2, 0.25) is 5.28 Å². The summed E-state index contributed by atoms with van der Waals surface area (Å²) in [6.07, 6.45) is 2.32. The summed E-state index contributed by atoms with van der Waals surface area (Å²) in [5.41, 5.74) is 3.37. The summed E-state index contributed by atoms with van der Waals surface area (Å²) >= 11 is 5.67. The highest BCUT2D eigenvalue weighted by molar-refractivity contribution is 6.28. The lowest BCUT2D eigenvalue weighted by molar-refractivity contribution is 0.0952. The number of rotatable bonds is 7. The molecule has 154 valence electrons. The summed E-state index contributed by atoms with van der Waals surface area (Å²) in [7, 11) is 2.91. The second kappa shape index (κ2) is 9.66. The molecule has 1 heterocycles. The normalized spacial score (nSPS) is 10.7. The summed E-state index contributed by atoms with van der Waals surface area (Å²) in [5.74, 6) is -0.590. The largest absolute Gasteiger partial charge is 0.496 e. The maximum Gasteiger partial charge on any atom is 0.275 e. The van der Waals surface area contributed by atoms with Gasteiger partial charge in [0, 0.05) is 0 Å². The van der Waals surface area contributed by atoms with Crippen LogP contribution < -0.4 is 19.6 Å². The first kappa shape index (κ1) is 21.0. The summed E-state index contributed by atoms with van der Waals surface area (Å²) in [5, 5.41) is 3.78. The predicted molar refractivity (Wildman–Crippen MR) is 108 cm³/mol. The molecule has 2 aromatic carbocycles. The molecule has 0 aliphatic heterocycles. The molecule has 0 saturated heterocycles. The number of hydrazone groups is 1. The van der Waals surface area contributed by atoms with Gasteiger partial charge >= 0.3 is 0 Å². The standard InChI is InChI=1S/C20H16ClFN4O4/c1-28-15-6-4-3-5-13(15)18(27)26-24-10-12-7-8-16(17(9-12)29-2)30-19-14(22)11-23-20(21)25-19/h3-11H,1-2H3,(H,26,27)/b24-10+. The molecule has 3 rings (SSSR count). The summed E-state index contributed by atoms with van der Waals surface area (Å²) in [4.78, 5) is 19.5. The summed E-state index contributed by atoms with van der Waals surface area (Å²) in [6.45, 7) is 0. The van der Waals surface area contributed by atoms with Crippen LogP contribution in [-0.4, -0.2) is 36.3 Å². The fraction of sp³-hybridized carbons (Fsp3) is 0.100. The number of carbonyl (C=O) groups is 1. The lowest BCUT2D eigenvalue weighted by Gasteiger charge is -2.10. The Morgan fingerprint density at radius 1 is 1.13 bits per heavy atom. The molecule has 8 nitrogen and oxygen atoms in total. The highest BCUT2D eigenvalue weighted by Crippen LogP contribution is 2.32. The smallest absolute Gasteiger partial charge is 0.275 e. The molecule has 0 unspecified atom stereocenters. The molecule has 1 N–H and O–H groups in total. The van der Waals surface area contributed by atoms with Crippen molar-refractivity contribution in [3.63, 3.8) is 0 Å². The molecule has 3 aromatic rings. The molecule has 0 spiro atoms. The number of hydrogen-bond acceptors (Lipinski definition) is 7. The van der Waals surface area contributed by atoms with Gasteiger partial charge in [-0.1, -0.05) is 12.1 Å². The Kier molecular flexibility index (Phi) is 6.76. The van der Waals surface area contributed by atoms with E-state index in [2.05, 4.69) is 20.5 Å². The Morgan fingerprint density at radius 2 is 1.90 bits per heavy atom. The van der Waals surface area contributed by atoms with Crippen molar-refractivity contribution in [3.8, 4) is 23.1 Å². The Labute approximate surface area is 176 Å². The second-order valence-electron chi connectivity index (χ2n) is 5.70. The number of aromatic nitrogens is 2. The topological polar surface area (TPSA) is 94.9 Å². The van der Waals surface area contributed by atoms with Crippen LogP contribution in [0.25, 0.3) is 0 Å². The fourth-order valence-electron chi connectivity index (χ4n) is 2.41. The maximum atomic E-state index is 13.8. The lowest BCUT2D eigenvalue weighted by Crippen LogP contribution is -2.18. The SMILES string of the molecule is COc1cc(/C=N/NC(=O)c2ccccc2OC)ccc1Oc1nc(Cl)ncc1F. The van der Waals surface area contributed by atoms with Crippen molar-refractivity contribution in [1.29, 1.82) is 0 Å². The molecule has 0 fully saturated rings. The number of carbonyl (C=O) groups excluding carboxylic acids is 1. The molecule has 1 amide bonds. The first-order valence-electron chi connectivity index (χ1n) is 8.52. The van der Waals surface area contributed by atoms with Gasteiger partial charge in [-0.3, -0.25) is 4.79 Å². The van der Waals surface area contributed by atoms with Crippen LogP contribution in [0.1, 0.15) is 15.9 Å². The Hall–Kier alpha value is -3.72. The van der Waals surface area contributed by atoms with Crippen molar-refractivity contribution in [2.24, 2.45) is 5.10 Å². The number of halogens is 2. The Morgan fingerprint density at radius 3 is 2.67 bits per heavy atom. The van der Waals surface area contributed by atoms with Crippen LogP contribution in [0.3, 0.4) is 0 Å².